The molecule has 29 heavy (non-hydrogen) atoms. The van der Waals surface area contributed by atoms with E-state index in [1.54, 1.807) is 4.90 Å². The lowest BCUT2D eigenvalue weighted by Gasteiger charge is -2.29. The van der Waals surface area contributed by atoms with Gasteiger partial charge in [0.25, 0.3) is 0 Å². The summed E-state index contributed by atoms with van der Waals surface area (Å²) in [7, 11) is 0. The topological polar surface area (TPSA) is 106 Å². The molecule has 7 heteroatoms. The van der Waals surface area contributed by atoms with Crippen LogP contribution >= 0.6 is 0 Å². The zero-order valence-electron chi connectivity index (χ0n) is 16.2. The Bertz CT molecular complexity index is 1010. The Morgan fingerprint density at radius 1 is 1.10 bits per heavy atom. The van der Waals surface area contributed by atoms with Crippen molar-refractivity contribution in [3.8, 4) is 28.9 Å². The van der Waals surface area contributed by atoms with E-state index in [0.29, 0.717) is 18.9 Å². The van der Waals surface area contributed by atoms with Crippen LogP contribution in [0.3, 0.4) is 0 Å². The Morgan fingerprint density at radius 3 is 2.52 bits per heavy atom. The van der Waals surface area contributed by atoms with E-state index in [1.807, 2.05) is 59.3 Å². The number of nitriles is 1. The third kappa shape index (κ3) is 3.89. The highest BCUT2D eigenvalue weighted by Gasteiger charge is 2.26. The van der Waals surface area contributed by atoms with Crippen molar-refractivity contribution in [1.82, 2.24) is 14.7 Å². The second-order valence-electron chi connectivity index (χ2n) is 7.14. The van der Waals surface area contributed by atoms with Gasteiger partial charge in [-0.25, -0.2) is 4.68 Å². The van der Waals surface area contributed by atoms with Crippen LogP contribution in [0.5, 0.6) is 11.5 Å². The standard InChI is InChI=1S/C22H24N6O/c23-13-20-21(26-28(22(20)25)17-5-4-12-27(14-17)15-24)16-8-10-19(11-9-16)29-18-6-2-1-3-7-18/h1-3,6-11,17H,4-5,12-14,23,25H2/t17-/m1/s1. The summed E-state index contributed by atoms with van der Waals surface area (Å²) in [4.78, 5) is 1.76. The molecule has 1 aliphatic heterocycles. The fourth-order valence-corrected chi connectivity index (χ4v) is 3.74. The lowest BCUT2D eigenvalue weighted by Crippen LogP contribution is -2.34. The van der Waals surface area contributed by atoms with Crippen molar-refractivity contribution >= 4 is 5.82 Å². The van der Waals surface area contributed by atoms with Gasteiger partial charge in [-0.3, -0.25) is 0 Å². The molecule has 0 bridgehead atoms. The monoisotopic (exact) mass is 388 g/mol. The number of anilines is 1. The first kappa shape index (κ1) is 18.8. The molecule has 0 saturated carbocycles. The van der Waals surface area contributed by atoms with E-state index in [0.717, 1.165) is 47.7 Å². The zero-order valence-corrected chi connectivity index (χ0v) is 16.2. The first-order valence-electron chi connectivity index (χ1n) is 9.74. The number of benzene rings is 2. The van der Waals surface area contributed by atoms with Crippen LogP contribution in [0.4, 0.5) is 5.82 Å². The summed E-state index contributed by atoms with van der Waals surface area (Å²) in [6, 6.07) is 17.5. The van der Waals surface area contributed by atoms with E-state index in [4.69, 9.17) is 21.3 Å². The lowest BCUT2D eigenvalue weighted by molar-refractivity contribution is 0.235. The van der Waals surface area contributed by atoms with Gasteiger partial charge in [-0.05, 0) is 49.2 Å². The second kappa shape index (κ2) is 8.25. The molecule has 3 aromatic rings. The van der Waals surface area contributed by atoms with Gasteiger partial charge in [0.15, 0.2) is 6.19 Å². The summed E-state index contributed by atoms with van der Waals surface area (Å²) < 4.78 is 7.71. The summed E-state index contributed by atoms with van der Waals surface area (Å²) in [6.45, 7) is 1.71. The van der Waals surface area contributed by atoms with Gasteiger partial charge in [0.1, 0.15) is 17.3 Å². The molecule has 0 amide bonds. The Morgan fingerprint density at radius 2 is 1.83 bits per heavy atom. The number of para-hydroxylation sites is 1. The number of nitrogens with two attached hydrogens (primary N) is 2. The number of rotatable bonds is 5. The summed E-state index contributed by atoms with van der Waals surface area (Å²) >= 11 is 0. The van der Waals surface area contributed by atoms with E-state index in [9.17, 15) is 5.26 Å². The van der Waals surface area contributed by atoms with Crippen molar-refractivity contribution in [2.45, 2.75) is 25.4 Å². The van der Waals surface area contributed by atoms with Crippen LogP contribution in [0, 0.1) is 11.5 Å². The molecule has 7 nitrogen and oxygen atoms in total. The molecule has 4 rings (SSSR count). The molecular formula is C22H24N6O. The summed E-state index contributed by atoms with van der Waals surface area (Å²) in [6.07, 6.45) is 4.11. The number of likely N-dealkylation sites (tertiary alicyclic amines) is 1. The van der Waals surface area contributed by atoms with Crippen LogP contribution in [-0.2, 0) is 6.54 Å². The molecule has 4 N–H and O–H groups in total. The number of hydrogen-bond donors (Lipinski definition) is 2. The predicted octanol–water partition coefficient (Wildman–Crippen LogP) is 3.50. The number of nitrogens with zero attached hydrogens (tertiary/aromatic N) is 4. The maximum absolute atomic E-state index is 9.22. The maximum Gasteiger partial charge on any atom is 0.179 e. The molecule has 2 aromatic carbocycles. The minimum absolute atomic E-state index is 0.0723. The summed E-state index contributed by atoms with van der Waals surface area (Å²) in [5, 5.41) is 14.0. The van der Waals surface area contributed by atoms with Crippen molar-refractivity contribution in [2.24, 2.45) is 5.73 Å². The van der Waals surface area contributed by atoms with Gasteiger partial charge in [-0.2, -0.15) is 10.4 Å². The van der Waals surface area contributed by atoms with Crippen molar-refractivity contribution in [3.63, 3.8) is 0 Å². The van der Waals surface area contributed by atoms with Crippen LogP contribution in [0.25, 0.3) is 11.3 Å². The highest BCUT2D eigenvalue weighted by molar-refractivity contribution is 5.69. The second-order valence-corrected chi connectivity index (χ2v) is 7.14. The minimum Gasteiger partial charge on any atom is -0.457 e. The van der Waals surface area contributed by atoms with Crippen LogP contribution < -0.4 is 16.2 Å². The van der Waals surface area contributed by atoms with Crippen LogP contribution in [0.2, 0.25) is 0 Å². The number of nitrogen functional groups attached to an aromatic ring is 1. The van der Waals surface area contributed by atoms with E-state index in [-0.39, 0.29) is 6.04 Å². The predicted molar refractivity (Wildman–Crippen MR) is 112 cm³/mol. The third-order valence-corrected chi connectivity index (χ3v) is 5.24. The van der Waals surface area contributed by atoms with Gasteiger partial charge < -0.3 is 21.1 Å². The summed E-state index contributed by atoms with van der Waals surface area (Å²) in [5.41, 5.74) is 14.9. The third-order valence-electron chi connectivity index (χ3n) is 5.24. The van der Waals surface area contributed by atoms with Gasteiger partial charge in [0, 0.05) is 24.2 Å². The highest BCUT2D eigenvalue weighted by Crippen LogP contribution is 2.33. The minimum atomic E-state index is 0.0723. The van der Waals surface area contributed by atoms with Gasteiger partial charge in [-0.1, -0.05) is 18.2 Å². The van der Waals surface area contributed by atoms with Crippen molar-refractivity contribution in [3.05, 3.63) is 60.2 Å². The maximum atomic E-state index is 9.22. The normalized spacial score (nSPS) is 16.4. The molecule has 1 saturated heterocycles. The molecule has 1 atom stereocenters. The quantitative estimate of drug-likeness (QED) is 0.648. The van der Waals surface area contributed by atoms with Crippen molar-refractivity contribution < 1.29 is 4.74 Å². The Balaban J connectivity index is 1.60. The van der Waals surface area contributed by atoms with Gasteiger partial charge in [0.2, 0.25) is 0 Å². The van der Waals surface area contributed by atoms with E-state index < -0.39 is 0 Å². The van der Waals surface area contributed by atoms with Crippen LogP contribution in [0.1, 0.15) is 24.4 Å². The van der Waals surface area contributed by atoms with Gasteiger partial charge >= 0.3 is 0 Å². The Hall–Kier alpha value is -3.50. The lowest BCUT2D eigenvalue weighted by atomic mass is 10.1. The van der Waals surface area contributed by atoms with E-state index in [1.165, 1.54) is 0 Å². The molecule has 0 radical (unpaired) electrons. The average Bonchev–Trinajstić information content (AvgIpc) is 3.11. The van der Waals surface area contributed by atoms with Gasteiger partial charge in [0.05, 0.1) is 18.3 Å². The molecule has 1 fully saturated rings. The number of hydrogen-bond acceptors (Lipinski definition) is 6. The molecule has 0 aliphatic carbocycles. The van der Waals surface area contributed by atoms with Gasteiger partial charge in [-0.15, -0.1) is 0 Å². The molecule has 0 spiro atoms. The molecule has 1 aromatic heterocycles. The number of aromatic nitrogens is 2. The number of ether oxygens (including phenoxy) is 1. The number of piperidine rings is 1. The van der Waals surface area contributed by atoms with E-state index in [2.05, 4.69) is 6.19 Å². The molecular weight excluding hydrogens is 364 g/mol. The van der Waals surface area contributed by atoms with E-state index >= 15 is 0 Å². The average molecular weight is 388 g/mol. The van der Waals surface area contributed by atoms with Crippen LogP contribution in [0.15, 0.2) is 54.6 Å². The SMILES string of the molecule is N#CN1CCC[C@@H](n2nc(-c3ccc(Oc4ccccc4)cc3)c(CN)c2N)C1. The van der Waals surface area contributed by atoms with Crippen molar-refractivity contribution in [2.75, 3.05) is 18.8 Å². The fourth-order valence-electron chi connectivity index (χ4n) is 3.74. The summed E-state index contributed by atoms with van der Waals surface area (Å²) in [5.74, 6) is 2.12. The first-order chi connectivity index (χ1) is 14.2. The Labute approximate surface area is 170 Å². The molecule has 148 valence electrons. The van der Waals surface area contributed by atoms with Crippen molar-refractivity contribution in [1.29, 1.82) is 5.26 Å². The molecule has 1 aliphatic rings. The largest absolute Gasteiger partial charge is 0.457 e. The Kier molecular flexibility index (Phi) is 5.36. The zero-order chi connectivity index (χ0) is 20.2. The highest BCUT2D eigenvalue weighted by atomic mass is 16.5. The smallest absolute Gasteiger partial charge is 0.179 e. The molecule has 0 unspecified atom stereocenters. The fraction of sp³-hybridized carbons (Fsp3) is 0.273. The molecule has 2 heterocycles. The van der Waals surface area contributed by atoms with Crippen LogP contribution in [-0.4, -0.2) is 27.8 Å². The first-order valence-corrected chi connectivity index (χ1v) is 9.74.